The summed E-state index contributed by atoms with van der Waals surface area (Å²) in [6.45, 7) is 4.25. The Kier molecular flexibility index (Phi) is 9.23. The van der Waals surface area contributed by atoms with Crippen LogP contribution in [-0.2, 0) is 6.42 Å². The number of aromatic nitrogens is 2. The highest BCUT2D eigenvalue weighted by atomic mass is 127. The molecule has 2 heterocycles. The Morgan fingerprint density at radius 2 is 1.83 bits per heavy atom. The maximum atomic E-state index is 5.46. The minimum atomic E-state index is 0. The van der Waals surface area contributed by atoms with Gasteiger partial charge in [0.05, 0.1) is 14.2 Å². The van der Waals surface area contributed by atoms with E-state index in [0.717, 1.165) is 68.1 Å². The molecule has 1 aromatic heterocycles. The van der Waals surface area contributed by atoms with E-state index in [1.54, 1.807) is 26.6 Å². The van der Waals surface area contributed by atoms with Crippen LogP contribution >= 0.6 is 24.0 Å². The normalized spacial score (nSPS) is 14.2. The lowest BCUT2D eigenvalue weighted by atomic mass is 10.1. The fraction of sp³-hybridized carbons (Fsp3) is 0.450. The van der Waals surface area contributed by atoms with E-state index in [0.29, 0.717) is 0 Å². The molecule has 0 spiro atoms. The molecule has 0 atom stereocenters. The predicted molar refractivity (Wildman–Crippen MR) is 126 cm³/mol. The average molecular weight is 512 g/mol. The molecule has 0 radical (unpaired) electrons. The summed E-state index contributed by atoms with van der Waals surface area (Å²) < 4.78 is 10.8. The van der Waals surface area contributed by atoms with Crippen molar-refractivity contribution in [1.29, 1.82) is 0 Å². The van der Waals surface area contributed by atoms with E-state index < -0.39 is 0 Å². The molecule has 1 fully saturated rings. The molecular formula is C20H29IN6O2. The SMILES string of the molecule is CN=C(NCCc1cc(OC)ccc1OC)N1CCN(c2ncccn2)CC1.I. The van der Waals surface area contributed by atoms with Crippen molar-refractivity contribution in [3.8, 4) is 11.5 Å². The molecule has 158 valence electrons. The molecule has 0 unspecified atom stereocenters. The predicted octanol–water partition coefficient (Wildman–Crippen LogP) is 2.05. The summed E-state index contributed by atoms with van der Waals surface area (Å²) in [5.41, 5.74) is 1.11. The first-order chi connectivity index (χ1) is 13.7. The van der Waals surface area contributed by atoms with Gasteiger partial charge in [-0.05, 0) is 36.2 Å². The second-order valence-corrected chi connectivity index (χ2v) is 6.42. The van der Waals surface area contributed by atoms with Crippen LogP contribution in [0, 0.1) is 0 Å². The highest BCUT2D eigenvalue weighted by Crippen LogP contribution is 2.24. The number of ether oxygens (including phenoxy) is 2. The molecule has 1 saturated heterocycles. The average Bonchev–Trinajstić information content (AvgIpc) is 2.77. The number of anilines is 1. The molecule has 0 amide bonds. The van der Waals surface area contributed by atoms with Crippen LogP contribution in [0.25, 0.3) is 0 Å². The van der Waals surface area contributed by atoms with Gasteiger partial charge < -0.3 is 24.6 Å². The van der Waals surface area contributed by atoms with Crippen molar-refractivity contribution >= 4 is 35.9 Å². The van der Waals surface area contributed by atoms with Crippen LogP contribution < -0.4 is 19.7 Å². The van der Waals surface area contributed by atoms with Gasteiger partial charge in [0.15, 0.2) is 5.96 Å². The maximum Gasteiger partial charge on any atom is 0.225 e. The summed E-state index contributed by atoms with van der Waals surface area (Å²) in [6, 6.07) is 7.70. The molecule has 1 aliphatic heterocycles. The lowest BCUT2D eigenvalue weighted by Gasteiger charge is -2.36. The van der Waals surface area contributed by atoms with Crippen LogP contribution in [0.15, 0.2) is 41.7 Å². The van der Waals surface area contributed by atoms with Gasteiger partial charge in [-0.1, -0.05) is 0 Å². The molecular weight excluding hydrogens is 483 g/mol. The van der Waals surface area contributed by atoms with Crippen LogP contribution in [0.2, 0.25) is 0 Å². The minimum Gasteiger partial charge on any atom is -0.497 e. The van der Waals surface area contributed by atoms with E-state index in [4.69, 9.17) is 9.47 Å². The smallest absolute Gasteiger partial charge is 0.225 e. The van der Waals surface area contributed by atoms with Crippen molar-refractivity contribution < 1.29 is 9.47 Å². The number of piperazine rings is 1. The first kappa shape index (κ1) is 23.0. The van der Waals surface area contributed by atoms with Crippen LogP contribution in [0.3, 0.4) is 0 Å². The number of nitrogens with zero attached hydrogens (tertiary/aromatic N) is 5. The maximum absolute atomic E-state index is 5.46. The van der Waals surface area contributed by atoms with Crippen LogP contribution in [0.4, 0.5) is 5.95 Å². The molecule has 9 heteroatoms. The Morgan fingerprint density at radius 3 is 2.45 bits per heavy atom. The van der Waals surface area contributed by atoms with Gasteiger partial charge in [-0.15, -0.1) is 24.0 Å². The van der Waals surface area contributed by atoms with E-state index in [1.807, 2.05) is 31.3 Å². The molecule has 29 heavy (non-hydrogen) atoms. The van der Waals surface area contributed by atoms with E-state index in [-0.39, 0.29) is 24.0 Å². The van der Waals surface area contributed by atoms with E-state index in [2.05, 4.69) is 30.1 Å². The van der Waals surface area contributed by atoms with Gasteiger partial charge in [0.2, 0.25) is 5.95 Å². The standard InChI is InChI=1S/C20H28N6O2.HI/c1-21-19(24-10-7-16-15-17(27-2)5-6-18(16)28-3)25-11-13-26(14-12-25)20-22-8-4-9-23-20;/h4-6,8-9,15H,7,10-14H2,1-3H3,(H,21,24);1H. The topological polar surface area (TPSA) is 75.1 Å². The third-order valence-corrected chi connectivity index (χ3v) is 4.79. The molecule has 2 aromatic rings. The van der Waals surface area contributed by atoms with Gasteiger partial charge in [0.1, 0.15) is 11.5 Å². The quantitative estimate of drug-likeness (QED) is 0.361. The second kappa shape index (κ2) is 11.6. The van der Waals surface area contributed by atoms with Crippen molar-refractivity contribution in [3.63, 3.8) is 0 Å². The van der Waals surface area contributed by atoms with Crippen molar-refractivity contribution in [1.82, 2.24) is 20.2 Å². The molecule has 1 aromatic carbocycles. The Morgan fingerprint density at radius 1 is 1.10 bits per heavy atom. The number of aliphatic imine (C=N–C) groups is 1. The number of nitrogens with one attached hydrogen (secondary N) is 1. The van der Waals surface area contributed by atoms with Crippen molar-refractivity contribution in [2.75, 3.05) is 58.9 Å². The Balaban J connectivity index is 0.00000300. The van der Waals surface area contributed by atoms with Crippen molar-refractivity contribution in [2.24, 2.45) is 4.99 Å². The van der Waals surface area contributed by atoms with Crippen molar-refractivity contribution in [2.45, 2.75) is 6.42 Å². The summed E-state index contributed by atoms with van der Waals surface area (Å²) in [5.74, 6) is 3.40. The molecule has 1 aliphatic rings. The Labute approximate surface area is 189 Å². The largest absolute Gasteiger partial charge is 0.497 e. The zero-order valence-electron chi connectivity index (χ0n) is 17.2. The Hall–Kier alpha value is -2.30. The number of rotatable bonds is 6. The third kappa shape index (κ3) is 6.09. The molecule has 0 aliphatic carbocycles. The van der Waals surface area contributed by atoms with Gasteiger partial charge >= 0.3 is 0 Å². The fourth-order valence-electron chi connectivity index (χ4n) is 3.29. The lowest BCUT2D eigenvalue weighted by molar-refractivity contribution is 0.370. The molecule has 0 saturated carbocycles. The van der Waals surface area contributed by atoms with Gasteiger partial charge in [-0.25, -0.2) is 9.97 Å². The monoisotopic (exact) mass is 512 g/mol. The summed E-state index contributed by atoms with van der Waals surface area (Å²) in [7, 11) is 5.18. The number of halogens is 1. The zero-order valence-corrected chi connectivity index (χ0v) is 19.5. The number of guanidine groups is 1. The lowest BCUT2D eigenvalue weighted by Crippen LogP contribution is -2.53. The number of benzene rings is 1. The first-order valence-electron chi connectivity index (χ1n) is 9.43. The van der Waals surface area contributed by atoms with E-state index in [9.17, 15) is 0 Å². The van der Waals surface area contributed by atoms with Crippen molar-refractivity contribution in [3.05, 3.63) is 42.2 Å². The summed E-state index contributed by atoms with van der Waals surface area (Å²) in [5, 5.41) is 3.46. The summed E-state index contributed by atoms with van der Waals surface area (Å²) >= 11 is 0. The van der Waals surface area contributed by atoms with Crippen LogP contribution in [0.1, 0.15) is 5.56 Å². The van der Waals surface area contributed by atoms with E-state index in [1.165, 1.54) is 0 Å². The van der Waals surface area contributed by atoms with Gasteiger partial charge in [-0.2, -0.15) is 0 Å². The second-order valence-electron chi connectivity index (χ2n) is 6.42. The van der Waals surface area contributed by atoms with E-state index >= 15 is 0 Å². The van der Waals surface area contributed by atoms with Crippen LogP contribution in [0.5, 0.6) is 11.5 Å². The summed E-state index contributed by atoms with van der Waals surface area (Å²) in [4.78, 5) is 17.6. The fourth-order valence-corrected chi connectivity index (χ4v) is 3.29. The molecule has 8 nitrogen and oxygen atoms in total. The highest BCUT2D eigenvalue weighted by Gasteiger charge is 2.21. The number of hydrogen-bond donors (Lipinski definition) is 1. The number of methoxy groups -OCH3 is 2. The van der Waals surface area contributed by atoms with Crippen LogP contribution in [-0.4, -0.2) is 74.8 Å². The first-order valence-corrected chi connectivity index (χ1v) is 9.43. The molecule has 3 rings (SSSR count). The number of hydrogen-bond acceptors (Lipinski definition) is 6. The Bertz CT molecular complexity index is 782. The molecule has 1 N–H and O–H groups in total. The van der Waals surface area contributed by atoms with Gasteiger partial charge in [0.25, 0.3) is 0 Å². The summed E-state index contributed by atoms with van der Waals surface area (Å²) in [6.07, 6.45) is 4.38. The minimum absolute atomic E-state index is 0. The van der Waals surface area contributed by atoms with Gasteiger partial charge in [-0.3, -0.25) is 4.99 Å². The highest BCUT2D eigenvalue weighted by molar-refractivity contribution is 14.0. The third-order valence-electron chi connectivity index (χ3n) is 4.79. The van der Waals surface area contributed by atoms with Gasteiger partial charge in [0, 0.05) is 52.2 Å². The zero-order chi connectivity index (χ0) is 19.8. The molecule has 0 bridgehead atoms.